The second-order valence-electron chi connectivity index (χ2n) is 9.90. The van der Waals surface area contributed by atoms with Gasteiger partial charge >= 0.3 is 0 Å². The summed E-state index contributed by atoms with van der Waals surface area (Å²) in [5.41, 5.74) is 1.21. The summed E-state index contributed by atoms with van der Waals surface area (Å²) >= 11 is 0. The van der Waals surface area contributed by atoms with Gasteiger partial charge in [0.25, 0.3) is 0 Å². The Morgan fingerprint density at radius 3 is 2.12 bits per heavy atom. The van der Waals surface area contributed by atoms with Crippen molar-refractivity contribution in [2.75, 3.05) is 0 Å². The van der Waals surface area contributed by atoms with Crippen LogP contribution in [-0.4, -0.2) is 22.4 Å². The Labute approximate surface area is 150 Å². The van der Waals surface area contributed by atoms with Gasteiger partial charge in [-0.3, -0.25) is 0 Å². The minimum absolute atomic E-state index is 0.0842. The maximum absolute atomic E-state index is 10.3. The van der Waals surface area contributed by atoms with Crippen LogP contribution in [0.1, 0.15) is 75.2 Å². The molecule has 2 N–H and O–H groups in total. The Kier molecular flexibility index (Phi) is 6.55. The topological polar surface area (TPSA) is 40.5 Å². The number of allylic oxidation sites excluding steroid dienone is 3. The molecule has 0 aromatic carbocycles. The molecule has 140 valence electrons. The first-order valence-electron chi connectivity index (χ1n) is 9.48. The second-order valence-corrected chi connectivity index (χ2v) is 9.90. The van der Waals surface area contributed by atoms with E-state index in [2.05, 4.69) is 80.5 Å². The lowest BCUT2D eigenvalue weighted by Crippen LogP contribution is -2.40. The molecular formula is C22H40O2. The molecule has 1 saturated carbocycles. The first-order chi connectivity index (χ1) is 10.7. The van der Waals surface area contributed by atoms with Crippen molar-refractivity contribution in [3.8, 4) is 0 Å². The van der Waals surface area contributed by atoms with Crippen LogP contribution < -0.4 is 0 Å². The predicted molar refractivity (Wildman–Crippen MR) is 104 cm³/mol. The molecule has 1 aliphatic carbocycles. The summed E-state index contributed by atoms with van der Waals surface area (Å²) in [6.07, 6.45) is 6.75. The number of rotatable bonds is 5. The van der Waals surface area contributed by atoms with E-state index in [1.165, 1.54) is 0 Å². The van der Waals surface area contributed by atoms with Crippen molar-refractivity contribution in [2.24, 2.45) is 28.1 Å². The summed E-state index contributed by atoms with van der Waals surface area (Å²) in [7, 11) is 0. The van der Waals surface area contributed by atoms with Crippen LogP contribution in [0, 0.1) is 28.1 Å². The first-order valence-corrected chi connectivity index (χ1v) is 9.48. The van der Waals surface area contributed by atoms with Crippen LogP contribution in [0.3, 0.4) is 0 Å². The van der Waals surface area contributed by atoms with E-state index in [-0.39, 0.29) is 16.2 Å². The lowest BCUT2D eigenvalue weighted by atomic mass is 9.61. The van der Waals surface area contributed by atoms with Crippen LogP contribution in [0.25, 0.3) is 0 Å². The summed E-state index contributed by atoms with van der Waals surface area (Å²) in [4.78, 5) is 0. The normalized spacial score (nSPS) is 28.8. The van der Waals surface area contributed by atoms with Gasteiger partial charge < -0.3 is 10.2 Å². The van der Waals surface area contributed by atoms with Gasteiger partial charge in [-0.2, -0.15) is 0 Å². The number of aliphatic hydroxyl groups excluding tert-OH is 2. The Morgan fingerprint density at radius 1 is 1.08 bits per heavy atom. The summed E-state index contributed by atoms with van der Waals surface area (Å²) in [6.45, 7) is 20.4. The standard InChI is InChI=1S/C22H40O2/c1-15(2)21(6,7)16(3)20(4,5)12-10-11-17-13-18(23)14-19(24)22(17,8)9/h10-12,15-16,18-19,23-24H,13-14H2,1-9H3/b12-10+,17-11+/t16?,18-,19+/m1/s1. The van der Waals surface area contributed by atoms with Crippen molar-refractivity contribution in [2.45, 2.75) is 87.4 Å². The molecule has 24 heavy (non-hydrogen) atoms. The molecule has 0 aliphatic heterocycles. The van der Waals surface area contributed by atoms with Crippen LogP contribution in [0.15, 0.2) is 23.8 Å². The third-order valence-electron chi connectivity index (χ3n) is 7.15. The maximum Gasteiger partial charge on any atom is 0.0653 e. The smallest absolute Gasteiger partial charge is 0.0653 e. The van der Waals surface area contributed by atoms with Gasteiger partial charge in [0.05, 0.1) is 12.2 Å². The van der Waals surface area contributed by atoms with Crippen molar-refractivity contribution in [3.63, 3.8) is 0 Å². The highest BCUT2D eigenvalue weighted by Crippen LogP contribution is 2.46. The van der Waals surface area contributed by atoms with Crippen LogP contribution in [0.5, 0.6) is 0 Å². The van der Waals surface area contributed by atoms with Gasteiger partial charge in [0.2, 0.25) is 0 Å². The Hall–Kier alpha value is -0.600. The molecule has 1 rings (SSSR count). The SMILES string of the molecule is CC(C)C(C)(C)C(C)C(C)(C)/C=C/C=C1\C[C@@H](O)C[C@H](O)C1(C)C. The molecule has 1 aliphatic rings. The molecule has 1 unspecified atom stereocenters. The van der Waals surface area contributed by atoms with Gasteiger partial charge in [-0.15, -0.1) is 0 Å². The molecule has 2 nitrogen and oxygen atoms in total. The summed E-state index contributed by atoms with van der Waals surface area (Å²) < 4.78 is 0. The largest absolute Gasteiger partial charge is 0.393 e. The zero-order chi connectivity index (χ0) is 18.9. The fourth-order valence-electron chi connectivity index (χ4n) is 3.66. The van der Waals surface area contributed by atoms with E-state index in [0.717, 1.165) is 5.57 Å². The minimum Gasteiger partial charge on any atom is -0.393 e. The fourth-order valence-corrected chi connectivity index (χ4v) is 3.66. The monoisotopic (exact) mass is 336 g/mol. The van der Waals surface area contributed by atoms with E-state index in [1.54, 1.807) is 0 Å². The lowest BCUT2D eigenvalue weighted by molar-refractivity contribution is -0.00658. The van der Waals surface area contributed by atoms with E-state index in [1.807, 2.05) is 0 Å². The molecule has 2 heteroatoms. The van der Waals surface area contributed by atoms with Gasteiger partial charge in [0, 0.05) is 11.8 Å². The Balaban J connectivity index is 2.98. The van der Waals surface area contributed by atoms with Crippen molar-refractivity contribution in [3.05, 3.63) is 23.8 Å². The van der Waals surface area contributed by atoms with Crippen LogP contribution in [0.2, 0.25) is 0 Å². The van der Waals surface area contributed by atoms with E-state index in [9.17, 15) is 10.2 Å². The molecule has 0 heterocycles. The highest BCUT2D eigenvalue weighted by molar-refractivity contribution is 5.24. The highest BCUT2D eigenvalue weighted by Gasteiger charge is 2.39. The number of aliphatic hydroxyl groups is 2. The molecule has 0 saturated heterocycles. The van der Waals surface area contributed by atoms with Gasteiger partial charge in [0.1, 0.15) is 0 Å². The van der Waals surface area contributed by atoms with Crippen LogP contribution in [0.4, 0.5) is 0 Å². The van der Waals surface area contributed by atoms with Crippen LogP contribution >= 0.6 is 0 Å². The summed E-state index contributed by atoms with van der Waals surface area (Å²) in [5, 5.41) is 20.2. The van der Waals surface area contributed by atoms with Crippen molar-refractivity contribution >= 4 is 0 Å². The van der Waals surface area contributed by atoms with Gasteiger partial charge in [0.15, 0.2) is 0 Å². The lowest BCUT2D eigenvalue weighted by Gasteiger charge is -2.44. The molecule has 0 aromatic heterocycles. The first kappa shape index (κ1) is 21.4. The minimum atomic E-state index is -0.479. The third-order valence-corrected chi connectivity index (χ3v) is 7.15. The molecule has 0 aromatic rings. The summed E-state index contributed by atoms with van der Waals surface area (Å²) in [5.74, 6) is 1.16. The second kappa shape index (κ2) is 7.33. The molecule has 0 radical (unpaired) electrons. The van der Waals surface area contributed by atoms with Crippen molar-refractivity contribution in [1.82, 2.24) is 0 Å². The summed E-state index contributed by atoms with van der Waals surface area (Å²) in [6, 6.07) is 0. The maximum atomic E-state index is 10.3. The third kappa shape index (κ3) is 4.52. The molecule has 0 bridgehead atoms. The molecule has 3 atom stereocenters. The van der Waals surface area contributed by atoms with Crippen LogP contribution in [-0.2, 0) is 0 Å². The zero-order valence-electron chi connectivity index (χ0n) is 17.4. The van der Waals surface area contributed by atoms with Gasteiger partial charge in [-0.1, -0.05) is 86.1 Å². The zero-order valence-corrected chi connectivity index (χ0v) is 17.4. The van der Waals surface area contributed by atoms with Gasteiger partial charge in [-0.25, -0.2) is 0 Å². The molecular weight excluding hydrogens is 296 g/mol. The molecule has 0 spiro atoms. The van der Waals surface area contributed by atoms with E-state index < -0.39 is 12.2 Å². The van der Waals surface area contributed by atoms with E-state index in [0.29, 0.717) is 24.7 Å². The van der Waals surface area contributed by atoms with E-state index in [4.69, 9.17) is 0 Å². The Morgan fingerprint density at radius 2 is 1.62 bits per heavy atom. The molecule has 1 fully saturated rings. The van der Waals surface area contributed by atoms with E-state index >= 15 is 0 Å². The fraction of sp³-hybridized carbons (Fsp3) is 0.818. The molecule has 0 amide bonds. The quantitative estimate of drug-likeness (QED) is 0.710. The van der Waals surface area contributed by atoms with Crippen molar-refractivity contribution < 1.29 is 10.2 Å². The predicted octanol–water partition coefficient (Wildman–Crippen LogP) is 5.36. The average Bonchev–Trinajstić information content (AvgIpc) is 2.43. The number of hydrogen-bond donors (Lipinski definition) is 2. The number of hydrogen-bond acceptors (Lipinski definition) is 2. The average molecular weight is 337 g/mol. The Bertz CT molecular complexity index is 480. The van der Waals surface area contributed by atoms with Gasteiger partial charge in [-0.05, 0) is 29.1 Å². The highest BCUT2D eigenvalue weighted by atomic mass is 16.3. The van der Waals surface area contributed by atoms with Crippen molar-refractivity contribution in [1.29, 1.82) is 0 Å².